The summed E-state index contributed by atoms with van der Waals surface area (Å²) in [6.45, 7) is 2.19. The largest absolute Gasteiger partial charge is 0.503 e. The first-order chi connectivity index (χ1) is 18.3. The van der Waals surface area contributed by atoms with Gasteiger partial charge in [-0.3, -0.25) is 9.59 Å². The smallest absolute Gasteiger partial charge is 0.290 e. The van der Waals surface area contributed by atoms with Gasteiger partial charge in [0.25, 0.3) is 5.91 Å². The van der Waals surface area contributed by atoms with Crippen LogP contribution in [0.2, 0.25) is 5.02 Å². The van der Waals surface area contributed by atoms with Gasteiger partial charge < -0.3 is 23.9 Å². The number of rotatable bonds is 8. The Balaban J connectivity index is 1.51. The lowest BCUT2D eigenvalue weighted by molar-refractivity contribution is -0.129. The Morgan fingerprint density at radius 3 is 2.55 bits per heavy atom. The van der Waals surface area contributed by atoms with E-state index in [2.05, 4.69) is 0 Å². The van der Waals surface area contributed by atoms with E-state index >= 15 is 0 Å². The molecule has 0 radical (unpaired) electrons. The van der Waals surface area contributed by atoms with E-state index in [-0.39, 0.29) is 17.9 Å². The lowest BCUT2D eigenvalue weighted by Crippen LogP contribution is -2.33. The molecule has 1 unspecified atom stereocenters. The summed E-state index contributed by atoms with van der Waals surface area (Å²) in [7, 11) is 3.13. The van der Waals surface area contributed by atoms with Crippen LogP contribution in [0, 0.1) is 6.92 Å². The molecule has 0 fully saturated rings. The molecule has 1 atom stereocenters. The standard InChI is InChI=1S/C30H26ClNO6/c1-17-5-4-6-19(13-17)27-26(28(33)25-16-20-15-21(31)8-10-22(20)38-25)29(34)30(35)32(27)12-11-18-7-9-23(36-2)24(14-18)37-3/h4-10,13-16,27,34H,11-12H2,1-3H3. The van der Waals surface area contributed by atoms with Crippen molar-refractivity contribution >= 4 is 34.3 Å². The topological polar surface area (TPSA) is 89.2 Å². The van der Waals surface area contributed by atoms with Gasteiger partial charge in [0.15, 0.2) is 23.0 Å². The summed E-state index contributed by atoms with van der Waals surface area (Å²) in [5.74, 6) is -0.536. The number of benzene rings is 3. The third-order valence-corrected chi connectivity index (χ3v) is 6.93. The number of hydrogen-bond acceptors (Lipinski definition) is 6. The third-order valence-electron chi connectivity index (χ3n) is 6.70. The summed E-state index contributed by atoms with van der Waals surface area (Å²) >= 11 is 6.09. The van der Waals surface area contributed by atoms with Crippen molar-refractivity contribution in [1.82, 2.24) is 4.90 Å². The molecule has 2 heterocycles. The fourth-order valence-corrected chi connectivity index (χ4v) is 5.03. The maximum absolute atomic E-state index is 13.7. The first-order valence-corrected chi connectivity index (χ1v) is 12.4. The molecule has 0 saturated carbocycles. The molecular formula is C30H26ClNO6. The average molecular weight is 532 g/mol. The number of aliphatic hydroxyl groups excluding tert-OH is 1. The molecule has 0 spiro atoms. The zero-order valence-electron chi connectivity index (χ0n) is 21.2. The highest BCUT2D eigenvalue weighted by molar-refractivity contribution is 6.31. The molecule has 1 aliphatic rings. The van der Waals surface area contributed by atoms with Gasteiger partial charge in [-0.25, -0.2) is 0 Å². The zero-order chi connectivity index (χ0) is 27.0. The first-order valence-electron chi connectivity index (χ1n) is 12.1. The van der Waals surface area contributed by atoms with E-state index in [0.717, 1.165) is 16.7 Å². The van der Waals surface area contributed by atoms with Gasteiger partial charge in [-0.15, -0.1) is 0 Å². The second-order valence-electron chi connectivity index (χ2n) is 9.14. The predicted octanol–water partition coefficient (Wildman–Crippen LogP) is 6.23. The number of Topliss-reactive ketones (excluding diaryl/α,β-unsaturated/α-hetero) is 1. The van der Waals surface area contributed by atoms with Crippen molar-refractivity contribution in [3.63, 3.8) is 0 Å². The van der Waals surface area contributed by atoms with Crippen LogP contribution < -0.4 is 9.47 Å². The molecule has 1 N–H and O–H groups in total. The Labute approximate surface area is 224 Å². The molecule has 38 heavy (non-hydrogen) atoms. The Kier molecular flexibility index (Phi) is 6.87. The summed E-state index contributed by atoms with van der Waals surface area (Å²) in [4.78, 5) is 28.6. The van der Waals surface area contributed by atoms with E-state index in [1.54, 1.807) is 44.6 Å². The SMILES string of the molecule is COc1ccc(CCN2C(=O)C(O)=C(C(=O)c3cc4cc(Cl)ccc4o3)C2c2cccc(C)c2)cc1OC. The van der Waals surface area contributed by atoms with E-state index in [1.807, 2.05) is 43.3 Å². The lowest BCUT2D eigenvalue weighted by atomic mass is 9.94. The number of ether oxygens (including phenoxy) is 2. The number of nitrogens with zero attached hydrogens (tertiary/aromatic N) is 1. The molecule has 1 aliphatic heterocycles. The maximum Gasteiger partial charge on any atom is 0.290 e. The van der Waals surface area contributed by atoms with Gasteiger partial charge >= 0.3 is 0 Å². The number of aliphatic hydroxyl groups is 1. The quantitative estimate of drug-likeness (QED) is 0.271. The van der Waals surface area contributed by atoms with Crippen molar-refractivity contribution in [1.29, 1.82) is 0 Å². The highest BCUT2D eigenvalue weighted by atomic mass is 35.5. The van der Waals surface area contributed by atoms with Crippen LogP contribution in [-0.2, 0) is 11.2 Å². The summed E-state index contributed by atoms with van der Waals surface area (Å²) < 4.78 is 16.5. The van der Waals surface area contributed by atoms with E-state index in [1.165, 1.54) is 4.90 Å². The van der Waals surface area contributed by atoms with Crippen LogP contribution in [0.5, 0.6) is 11.5 Å². The van der Waals surface area contributed by atoms with Gasteiger partial charge in [-0.2, -0.15) is 0 Å². The molecule has 0 saturated heterocycles. The zero-order valence-corrected chi connectivity index (χ0v) is 21.9. The van der Waals surface area contributed by atoms with Gasteiger partial charge in [0.1, 0.15) is 5.58 Å². The average Bonchev–Trinajstić information content (AvgIpc) is 3.45. The predicted molar refractivity (Wildman–Crippen MR) is 144 cm³/mol. The van der Waals surface area contributed by atoms with Crippen LogP contribution in [0.4, 0.5) is 0 Å². The number of aryl methyl sites for hydroxylation is 1. The second kappa shape index (κ2) is 10.3. The second-order valence-corrected chi connectivity index (χ2v) is 9.58. The highest BCUT2D eigenvalue weighted by Crippen LogP contribution is 2.40. The summed E-state index contributed by atoms with van der Waals surface area (Å²) in [6.07, 6.45) is 0.465. The normalized spacial score (nSPS) is 15.4. The number of carbonyl (C=O) groups is 2. The summed E-state index contributed by atoms with van der Waals surface area (Å²) in [5, 5.41) is 12.2. The van der Waals surface area contributed by atoms with Gasteiger partial charge in [0.2, 0.25) is 5.78 Å². The third kappa shape index (κ3) is 4.61. The van der Waals surface area contributed by atoms with Gasteiger partial charge in [0.05, 0.1) is 25.8 Å². The molecule has 1 aromatic heterocycles. The molecule has 194 valence electrons. The van der Waals surface area contributed by atoms with E-state index in [0.29, 0.717) is 33.9 Å². The minimum Gasteiger partial charge on any atom is -0.503 e. The van der Waals surface area contributed by atoms with Crippen molar-refractivity contribution in [2.45, 2.75) is 19.4 Å². The number of furan rings is 1. The highest BCUT2D eigenvalue weighted by Gasteiger charge is 2.44. The number of halogens is 1. The van der Waals surface area contributed by atoms with Crippen LogP contribution in [0.3, 0.4) is 0 Å². The minimum absolute atomic E-state index is 0.0157. The number of hydrogen-bond donors (Lipinski definition) is 1. The maximum atomic E-state index is 13.7. The van der Waals surface area contributed by atoms with Crippen LogP contribution >= 0.6 is 11.6 Å². The van der Waals surface area contributed by atoms with Crippen molar-refractivity contribution < 1.29 is 28.6 Å². The Morgan fingerprint density at radius 2 is 1.82 bits per heavy atom. The fraction of sp³-hybridized carbons (Fsp3) is 0.200. The fourth-order valence-electron chi connectivity index (χ4n) is 4.85. The Morgan fingerprint density at radius 1 is 1.03 bits per heavy atom. The molecule has 0 bridgehead atoms. The molecule has 8 heteroatoms. The number of ketones is 1. The number of carbonyl (C=O) groups excluding carboxylic acids is 2. The van der Waals surface area contributed by atoms with Crippen molar-refractivity contribution in [3.8, 4) is 11.5 Å². The number of methoxy groups -OCH3 is 2. The summed E-state index contributed by atoms with van der Waals surface area (Å²) in [5.41, 5.74) is 3.06. The molecule has 4 aromatic rings. The van der Waals surface area contributed by atoms with E-state index in [4.69, 9.17) is 25.5 Å². The van der Waals surface area contributed by atoms with Gasteiger partial charge in [-0.05, 0) is 60.9 Å². The Bertz CT molecular complexity index is 1590. The molecule has 3 aromatic carbocycles. The molecule has 5 rings (SSSR count). The van der Waals surface area contributed by atoms with E-state index < -0.39 is 23.5 Å². The molecule has 1 amide bonds. The Hall–Kier alpha value is -4.23. The first kappa shape index (κ1) is 25.4. The number of fused-ring (bicyclic) bond motifs is 1. The minimum atomic E-state index is -0.785. The molecule has 0 aliphatic carbocycles. The van der Waals surface area contributed by atoms with Crippen molar-refractivity contribution in [2.24, 2.45) is 0 Å². The molecular weight excluding hydrogens is 506 g/mol. The van der Waals surface area contributed by atoms with Crippen molar-refractivity contribution in [2.75, 3.05) is 20.8 Å². The summed E-state index contributed by atoms with van der Waals surface area (Å²) in [6, 6.07) is 18.9. The lowest BCUT2D eigenvalue weighted by Gasteiger charge is -2.27. The number of amides is 1. The monoisotopic (exact) mass is 531 g/mol. The van der Waals surface area contributed by atoms with E-state index in [9.17, 15) is 14.7 Å². The van der Waals surface area contributed by atoms with Crippen LogP contribution in [-0.4, -0.2) is 42.5 Å². The van der Waals surface area contributed by atoms with Crippen LogP contribution in [0.25, 0.3) is 11.0 Å². The van der Waals surface area contributed by atoms with Crippen molar-refractivity contribution in [3.05, 3.63) is 106 Å². The van der Waals surface area contributed by atoms with Gasteiger partial charge in [-0.1, -0.05) is 47.5 Å². The molecule has 7 nitrogen and oxygen atoms in total. The van der Waals surface area contributed by atoms with Gasteiger partial charge in [0, 0.05) is 17.0 Å². The van der Waals surface area contributed by atoms with Crippen LogP contribution in [0.15, 0.2) is 82.5 Å². The van der Waals surface area contributed by atoms with Crippen LogP contribution in [0.1, 0.15) is 33.3 Å².